The van der Waals surface area contributed by atoms with Gasteiger partial charge in [-0.15, -0.1) is 0 Å². The van der Waals surface area contributed by atoms with E-state index < -0.39 is 0 Å². The fourth-order valence-corrected chi connectivity index (χ4v) is 3.71. The fourth-order valence-electron chi connectivity index (χ4n) is 3.71. The van der Waals surface area contributed by atoms with Crippen molar-refractivity contribution in [1.29, 1.82) is 0 Å². The lowest BCUT2D eigenvalue weighted by Gasteiger charge is -2.22. The van der Waals surface area contributed by atoms with Gasteiger partial charge in [0.05, 0.1) is 13.1 Å². The van der Waals surface area contributed by atoms with E-state index in [9.17, 15) is 0 Å². The summed E-state index contributed by atoms with van der Waals surface area (Å²) in [5.41, 5.74) is 2.49. The molecule has 2 N–H and O–H groups in total. The number of aromatic nitrogens is 2. The fraction of sp³-hybridized carbons (Fsp3) is 0.545. The van der Waals surface area contributed by atoms with E-state index in [4.69, 9.17) is 4.99 Å². The molecule has 0 spiro atoms. The maximum absolute atomic E-state index is 4.89. The highest BCUT2D eigenvalue weighted by molar-refractivity contribution is 5.80. The summed E-state index contributed by atoms with van der Waals surface area (Å²) in [6.45, 7) is 13.5. The number of nitrogens with zero attached hydrogens (tertiary/aromatic N) is 4. The summed E-state index contributed by atoms with van der Waals surface area (Å²) < 4.78 is 1.95. The summed E-state index contributed by atoms with van der Waals surface area (Å²) >= 11 is 0. The van der Waals surface area contributed by atoms with Crippen LogP contribution in [-0.2, 0) is 13.1 Å². The number of hydrogen-bond donors (Lipinski definition) is 2. The van der Waals surface area contributed by atoms with Crippen LogP contribution in [0.5, 0.6) is 0 Å². The molecular weight excluding hydrogens is 348 g/mol. The van der Waals surface area contributed by atoms with Crippen LogP contribution in [0.1, 0.15) is 38.8 Å². The normalized spacial score (nSPS) is 20.7. The lowest BCUT2D eigenvalue weighted by atomic mass is 10.1. The molecule has 0 amide bonds. The van der Waals surface area contributed by atoms with Gasteiger partial charge in [0.2, 0.25) is 0 Å². The first-order valence-corrected chi connectivity index (χ1v) is 10.4. The average molecular weight is 383 g/mol. The third-order valence-electron chi connectivity index (χ3n) is 5.45. The molecule has 1 fully saturated rings. The minimum absolute atomic E-state index is 0.430. The van der Waals surface area contributed by atoms with Crippen molar-refractivity contribution in [2.75, 3.05) is 19.6 Å². The Morgan fingerprint density at radius 3 is 2.64 bits per heavy atom. The lowest BCUT2D eigenvalue weighted by molar-refractivity contribution is 0.265. The number of nitrogens with one attached hydrogen (secondary N) is 2. The monoisotopic (exact) mass is 382 g/mol. The van der Waals surface area contributed by atoms with Crippen molar-refractivity contribution >= 4 is 5.96 Å². The van der Waals surface area contributed by atoms with Gasteiger partial charge >= 0.3 is 0 Å². The summed E-state index contributed by atoms with van der Waals surface area (Å²) in [7, 11) is 0. The quantitative estimate of drug-likeness (QED) is 0.571. The van der Waals surface area contributed by atoms with Crippen molar-refractivity contribution < 1.29 is 0 Å². The Kier molecular flexibility index (Phi) is 7.09. The summed E-state index contributed by atoms with van der Waals surface area (Å²) in [5.74, 6) is 1.51. The van der Waals surface area contributed by atoms with Crippen LogP contribution in [0.3, 0.4) is 0 Å². The maximum Gasteiger partial charge on any atom is 0.191 e. The Morgan fingerprint density at radius 2 is 2.00 bits per heavy atom. The molecular formula is C22H34N6. The molecule has 0 bridgehead atoms. The van der Waals surface area contributed by atoms with Gasteiger partial charge in [-0.3, -0.25) is 9.58 Å². The van der Waals surface area contributed by atoms with E-state index in [1.807, 2.05) is 23.1 Å². The number of hydrogen-bond acceptors (Lipinski definition) is 3. The third-order valence-corrected chi connectivity index (χ3v) is 5.45. The Bertz CT molecular complexity index is 752. The molecule has 1 aliphatic heterocycles. The Balaban J connectivity index is 1.68. The first-order chi connectivity index (χ1) is 13.6. The highest BCUT2D eigenvalue weighted by Crippen LogP contribution is 2.18. The van der Waals surface area contributed by atoms with Crippen LogP contribution < -0.4 is 10.6 Å². The lowest BCUT2D eigenvalue weighted by Crippen LogP contribution is -2.46. The molecule has 28 heavy (non-hydrogen) atoms. The average Bonchev–Trinajstić information content (AvgIpc) is 3.31. The van der Waals surface area contributed by atoms with Gasteiger partial charge in [-0.2, -0.15) is 5.10 Å². The van der Waals surface area contributed by atoms with E-state index in [1.54, 1.807) is 0 Å². The summed E-state index contributed by atoms with van der Waals surface area (Å²) in [6, 6.07) is 11.4. The van der Waals surface area contributed by atoms with Crippen molar-refractivity contribution in [3.63, 3.8) is 0 Å². The molecule has 6 heteroatoms. The zero-order chi connectivity index (χ0) is 19.9. The summed E-state index contributed by atoms with van der Waals surface area (Å²) in [5, 5.41) is 11.4. The van der Waals surface area contributed by atoms with Gasteiger partial charge < -0.3 is 10.6 Å². The van der Waals surface area contributed by atoms with Crippen LogP contribution in [-0.4, -0.2) is 52.4 Å². The Labute approximate surface area is 169 Å². The van der Waals surface area contributed by atoms with Crippen LogP contribution in [0.15, 0.2) is 47.7 Å². The zero-order valence-corrected chi connectivity index (χ0v) is 17.6. The smallest absolute Gasteiger partial charge is 0.191 e. The molecule has 1 saturated heterocycles. The van der Waals surface area contributed by atoms with E-state index in [0.717, 1.165) is 32.1 Å². The predicted octanol–water partition coefficient (Wildman–Crippen LogP) is 2.72. The third kappa shape index (κ3) is 5.35. The standard InChI is InChI=1S/C22H34N6/c1-5-23-22(26-21-16-27(17(2)3)14-18(21)4)24-13-19-9-6-7-10-20(19)15-28-12-8-11-25-28/h6-12,17-18,21H,5,13-16H2,1-4H3,(H2,23,24,26). The van der Waals surface area contributed by atoms with Gasteiger partial charge in [0, 0.05) is 44.1 Å². The highest BCUT2D eigenvalue weighted by atomic mass is 15.3. The Hall–Kier alpha value is -2.34. The molecule has 2 unspecified atom stereocenters. The minimum Gasteiger partial charge on any atom is -0.357 e. The van der Waals surface area contributed by atoms with E-state index in [2.05, 4.69) is 72.6 Å². The molecule has 1 aromatic heterocycles. The predicted molar refractivity (Wildman–Crippen MR) is 115 cm³/mol. The van der Waals surface area contributed by atoms with Gasteiger partial charge in [0.15, 0.2) is 5.96 Å². The molecule has 1 aliphatic rings. The zero-order valence-electron chi connectivity index (χ0n) is 17.6. The first-order valence-electron chi connectivity index (χ1n) is 10.4. The van der Waals surface area contributed by atoms with Crippen molar-refractivity contribution in [3.8, 4) is 0 Å². The number of guanidine groups is 1. The molecule has 0 aliphatic carbocycles. The van der Waals surface area contributed by atoms with Gasteiger partial charge in [0.25, 0.3) is 0 Å². The minimum atomic E-state index is 0.430. The second-order valence-electron chi connectivity index (χ2n) is 7.94. The van der Waals surface area contributed by atoms with Crippen LogP contribution in [0.4, 0.5) is 0 Å². The van der Waals surface area contributed by atoms with E-state index in [1.165, 1.54) is 11.1 Å². The van der Waals surface area contributed by atoms with Crippen molar-refractivity contribution in [2.24, 2.45) is 10.9 Å². The molecule has 1 aromatic carbocycles. The topological polar surface area (TPSA) is 57.5 Å². The number of rotatable bonds is 7. The molecule has 3 rings (SSSR count). The SMILES string of the molecule is CCNC(=NCc1ccccc1Cn1cccn1)NC1CN(C(C)C)CC1C. The van der Waals surface area contributed by atoms with E-state index in [0.29, 0.717) is 24.5 Å². The second-order valence-corrected chi connectivity index (χ2v) is 7.94. The van der Waals surface area contributed by atoms with Crippen molar-refractivity contribution in [1.82, 2.24) is 25.3 Å². The molecule has 152 valence electrons. The maximum atomic E-state index is 4.89. The van der Waals surface area contributed by atoms with E-state index in [-0.39, 0.29) is 0 Å². The summed E-state index contributed by atoms with van der Waals surface area (Å²) in [6.07, 6.45) is 3.81. The molecule has 0 saturated carbocycles. The van der Waals surface area contributed by atoms with Crippen LogP contribution >= 0.6 is 0 Å². The van der Waals surface area contributed by atoms with Gasteiger partial charge in [-0.25, -0.2) is 4.99 Å². The number of likely N-dealkylation sites (tertiary alicyclic amines) is 1. The van der Waals surface area contributed by atoms with Crippen LogP contribution in [0.2, 0.25) is 0 Å². The molecule has 0 radical (unpaired) electrons. The highest BCUT2D eigenvalue weighted by Gasteiger charge is 2.31. The molecule has 2 atom stereocenters. The number of aliphatic imine (C=N–C) groups is 1. The summed E-state index contributed by atoms with van der Waals surface area (Å²) in [4.78, 5) is 7.42. The largest absolute Gasteiger partial charge is 0.357 e. The van der Waals surface area contributed by atoms with E-state index >= 15 is 0 Å². The van der Waals surface area contributed by atoms with Gasteiger partial charge in [-0.1, -0.05) is 31.2 Å². The molecule has 2 heterocycles. The Morgan fingerprint density at radius 1 is 1.21 bits per heavy atom. The number of benzene rings is 1. The van der Waals surface area contributed by atoms with Crippen LogP contribution in [0, 0.1) is 5.92 Å². The van der Waals surface area contributed by atoms with Crippen molar-refractivity contribution in [3.05, 3.63) is 53.9 Å². The molecule has 2 aromatic rings. The van der Waals surface area contributed by atoms with Gasteiger partial charge in [0.1, 0.15) is 0 Å². The molecule has 6 nitrogen and oxygen atoms in total. The first kappa shape index (κ1) is 20.4. The van der Waals surface area contributed by atoms with Gasteiger partial charge in [-0.05, 0) is 43.9 Å². The van der Waals surface area contributed by atoms with Crippen LogP contribution in [0.25, 0.3) is 0 Å². The second kappa shape index (κ2) is 9.73. The van der Waals surface area contributed by atoms with Crippen molar-refractivity contribution in [2.45, 2.75) is 52.9 Å².